The maximum atomic E-state index is 14.0. The van der Waals surface area contributed by atoms with Crippen LogP contribution in [-0.2, 0) is 6.54 Å². The zero-order valence-corrected chi connectivity index (χ0v) is 16.9. The van der Waals surface area contributed by atoms with E-state index in [0.717, 1.165) is 18.3 Å². The van der Waals surface area contributed by atoms with Crippen LogP contribution in [0.4, 0.5) is 8.78 Å². The lowest BCUT2D eigenvalue weighted by Gasteiger charge is -2.39. The van der Waals surface area contributed by atoms with Crippen molar-refractivity contribution in [1.29, 1.82) is 0 Å². The first kappa shape index (κ1) is 20.6. The van der Waals surface area contributed by atoms with Gasteiger partial charge < -0.3 is 15.3 Å². The average Bonchev–Trinajstić information content (AvgIpc) is 2.87. The lowest BCUT2D eigenvalue weighted by atomic mass is 10.1. The number of hydrogen-bond donors (Lipinski definition) is 2. The first-order chi connectivity index (χ1) is 14.7. The molecular formula is C21H20F2N4O4. The van der Waals surface area contributed by atoms with Crippen LogP contribution in [0.3, 0.4) is 0 Å². The number of carbonyl (C=O) groups is 2. The molecule has 4 rings (SSSR count). The number of amides is 2. The zero-order valence-electron chi connectivity index (χ0n) is 16.9. The summed E-state index contributed by atoms with van der Waals surface area (Å²) in [4.78, 5) is 39.6. The molecule has 2 N–H and O–H groups in total. The van der Waals surface area contributed by atoms with E-state index in [4.69, 9.17) is 0 Å². The maximum Gasteiger partial charge on any atom is 0.278 e. The summed E-state index contributed by atoms with van der Waals surface area (Å²) in [6, 6.07) is 2.04. The van der Waals surface area contributed by atoms with Gasteiger partial charge in [0.15, 0.2) is 11.4 Å². The summed E-state index contributed by atoms with van der Waals surface area (Å²) in [5.74, 6) is -3.96. The number of aromatic nitrogens is 1. The molecule has 1 aromatic carbocycles. The summed E-state index contributed by atoms with van der Waals surface area (Å²) in [6.45, 7) is 3.43. The Bertz CT molecular complexity index is 1170. The fourth-order valence-electron chi connectivity index (χ4n) is 3.72. The molecule has 0 saturated heterocycles. The molecule has 162 valence electrons. The van der Waals surface area contributed by atoms with Crippen LogP contribution in [0.5, 0.6) is 5.75 Å². The predicted molar refractivity (Wildman–Crippen MR) is 107 cm³/mol. The minimum Gasteiger partial charge on any atom is -0.502 e. The van der Waals surface area contributed by atoms with Crippen LogP contribution >= 0.6 is 0 Å². The molecule has 2 aliphatic heterocycles. The lowest BCUT2D eigenvalue weighted by Crippen LogP contribution is -2.55. The number of benzene rings is 1. The summed E-state index contributed by atoms with van der Waals surface area (Å²) in [6.07, 6.45) is 4.83. The highest BCUT2D eigenvalue weighted by Gasteiger charge is 2.36. The van der Waals surface area contributed by atoms with Gasteiger partial charge in [0.25, 0.3) is 11.8 Å². The lowest BCUT2D eigenvalue weighted by molar-refractivity contribution is 0.0659. The maximum absolute atomic E-state index is 14.0. The van der Waals surface area contributed by atoms with E-state index < -0.39 is 46.7 Å². The Labute approximate surface area is 176 Å². The number of nitrogens with zero attached hydrogens (tertiary/aromatic N) is 3. The molecule has 0 aliphatic carbocycles. The number of rotatable bonds is 3. The number of nitrogens with one attached hydrogen (secondary N) is 1. The van der Waals surface area contributed by atoms with Crippen molar-refractivity contribution < 1.29 is 23.5 Å². The quantitative estimate of drug-likeness (QED) is 0.718. The van der Waals surface area contributed by atoms with E-state index in [-0.39, 0.29) is 24.0 Å². The van der Waals surface area contributed by atoms with Crippen molar-refractivity contribution in [3.05, 3.63) is 74.7 Å². The van der Waals surface area contributed by atoms with E-state index >= 15 is 0 Å². The molecule has 10 heteroatoms. The zero-order chi connectivity index (χ0) is 22.4. The average molecular weight is 430 g/mol. The van der Waals surface area contributed by atoms with Crippen LogP contribution in [0.15, 0.2) is 35.3 Å². The number of pyridine rings is 1. The monoisotopic (exact) mass is 430 g/mol. The van der Waals surface area contributed by atoms with Crippen LogP contribution in [0, 0.1) is 18.6 Å². The minimum atomic E-state index is -1.04. The highest BCUT2D eigenvalue weighted by Crippen LogP contribution is 2.24. The van der Waals surface area contributed by atoms with Crippen molar-refractivity contribution in [2.75, 3.05) is 18.2 Å². The Kier molecular flexibility index (Phi) is 5.00. The van der Waals surface area contributed by atoms with Crippen molar-refractivity contribution in [3.8, 4) is 5.75 Å². The molecule has 2 aromatic rings. The first-order valence-corrected chi connectivity index (χ1v) is 9.63. The molecule has 0 fully saturated rings. The number of aryl methyl sites for hydroxylation is 1. The van der Waals surface area contributed by atoms with E-state index in [1.807, 2.05) is 19.1 Å². The van der Waals surface area contributed by atoms with Crippen molar-refractivity contribution in [2.45, 2.75) is 26.4 Å². The van der Waals surface area contributed by atoms with Gasteiger partial charge in [-0.1, -0.05) is 12.2 Å². The topological polar surface area (TPSA) is 94.9 Å². The van der Waals surface area contributed by atoms with Gasteiger partial charge >= 0.3 is 0 Å². The molecule has 3 heterocycles. The SMILES string of the molecule is Cc1cc(F)c(CNC(=O)c2cn3c(c(O)c2=O)C(=O)N2CN3CC=C[C@@H]2C)c(F)c1. The number of aromatic hydroxyl groups is 1. The van der Waals surface area contributed by atoms with Crippen LogP contribution < -0.4 is 15.8 Å². The van der Waals surface area contributed by atoms with Gasteiger partial charge in [-0.15, -0.1) is 0 Å². The van der Waals surface area contributed by atoms with Crippen molar-refractivity contribution in [3.63, 3.8) is 0 Å². The highest BCUT2D eigenvalue weighted by molar-refractivity contribution is 5.99. The third-order valence-corrected chi connectivity index (χ3v) is 5.43. The van der Waals surface area contributed by atoms with Gasteiger partial charge in [-0.3, -0.25) is 24.1 Å². The summed E-state index contributed by atoms with van der Waals surface area (Å²) in [7, 11) is 0. The molecule has 2 bridgehead atoms. The van der Waals surface area contributed by atoms with Crippen LogP contribution in [0.25, 0.3) is 0 Å². The predicted octanol–water partition coefficient (Wildman–Crippen LogP) is 1.38. The van der Waals surface area contributed by atoms with E-state index in [2.05, 4.69) is 5.32 Å². The standard InChI is InChI=1S/C21H20F2N4O4/c1-11-6-15(22)13(16(23)7-11)8-24-20(30)14-9-27-17(19(29)18(14)28)21(31)26-10-25(27)5-3-4-12(26)2/h3-4,6-7,9,12,29H,5,8,10H2,1-2H3,(H,24,30)/t12-/m0/s1. The largest absolute Gasteiger partial charge is 0.502 e. The van der Waals surface area contributed by atoms with Gasteiger partial charge in [-0.05, 0) is 31.5 Å². The molecule has 1 aromatic heterocycles. The Morgan fingerprint density at radius 3 is 2.61 bits per heavy atom. The molecule has 2 aliphatic rings. The Hall–Kier alpha value is -3.69. The van der Waals surface area contributed by atoms with E-state index in [1.54, 1.807) is 5.01 Å². The molecule has 2 amide bonds. The molecule has 0 radical (unpaired) electrons. The van der Waals surface area contributed by atoms with E-state index in [9.17, 15) is 28.3 Å². The number of carbonyl (C=O) groups excluding carboxylic acids is 2. The van der Waals surface area contributed by atoms with Gasteiger partial charge in [0.2, 0.25) is 5.43 Å². The number of hydrogen-bond acceptors (Lipinski definition) is 5. The number of halogens is 2. The van der Waals surface area contributed by atoms with Crippen LogP contribution in [0.1, 0.15) is 38.9 Å². The Morgan fingerprint density at radius 2 is 1.94 bits per heavy atom. The van der Waals surface area contributed by atoms with E-state index in [0.29, 0.717) is 12.1 Å². The second-order valence-electron chi connectivity index (χ2n) is 7.58. The van der Waals surface area contributed by atoms with Crippen LogP contribution in [-0.4, -0.2) is 45.8 Å². The van der Waals surface area contributed by atoms with E-state index in [1.165, 1.54) is 16.5 Å². The molecular weight excluding hydrogens is 410 g/mol. The second kappa shape index (κ2) is 7.53. The molecule has 0 unspecified atom stereocenters. The van der Waals surface area contributed by atoms with Gasteiger partial charge in [0.1, 0.15) is 23.9 Å². The van der Waals surface area contributed by atoms with Crippen molar-refractivity contribution in [1.82, 2.24) is 14.9 Å². The molecule has 31 heavy (non-hydrogen) atoms. The first-order valence-electron chi connectivity index (χ1n) is 9.63. The smallest absolute Gasteiger partial charge is 0.278 e. The summed E-state index contributed by atoms with van der Waals surface area (Å²) in [5.41, 5.74) is -1.68. The Balaban J connectivity index is 1.68. The summed E-state index contributed by atoms with van der Waals surface area (Å²) in [5, 5.41) is 14.4. The normalized spacial score (nSPS) is 17.4. The molecule has 1 atom stereocenters. The Morgan fingerprint density at radius 1 is 1.26 bits per heavy atom. The highest BCUT2D eigenvalue weighted by atomic mass is 19.1. The fraction of sp³-hybridized carbons (Fsp3) is 0.286. The van der Waals surface area contributed by atoms with Crippen molar-refractivity contribution >= 4 is 11.8 Å². The number of fused-ring (bicyclic) bond motifs is 4. The second-order valence-corrected chi connectivity index (χ2v) is 7.58. The molecule has 0 saturated carbocycles. The third kappa shape index (κ3) is 3.43. The summed E-state index contributed by atoms with van der Waals surface area (Å²) < 4.78 is 29.3. The molecule has 0 spiro atoms. The minimum absolute atomic E-state index is 0.198. The fourth-order valence-corrected chi connectivity index (χ4v) is 3.72. The van der Waals surface area contributed by atoms with Crippen LogP contribution in [0.2, 0.25) is 0 Å². The van der Waals surface area contributed by atoms with Crippen molar-refractivity contribution in [2.24, 2.45) is 0 Å². The molecule has 8 nitrogen and oxygen atoms in total. The summed E-state index contributed by atoms with van der Waals surface area (Å²) >= 11 is 0. The van der Waals surface area contributed by atoms with Gasteiger partial charge in [-0.25, -0.2) is 8.78 Å². The van der Waals surface area contributed by atoms with Gasteiger partial charge in [0, 0.05) is 24.3 Å². The third-order valence-electron chi connectivity index (χ3n) is 5.43. The van der Waals surface area contributed by atoms with Gasteiger partial charge in [0.05, 0.1) is 6.54 Å². The van der Waals surface area contributed by atoms with Gasteiger partial charge in [-0.2, -0.15) is 0 Å².